The second kappa shape index (κ2) is 6.56. The summed E-state index contributed by atoms with van der Waals surface area (Å²) in [6, 6.07) is 11.0. The molecule has 6 rings (SSSR count). The van der Waals surface area contributed by atoms with Crippen molar-refractivity contribution < 1.29 is 14.7 Å². The lowest BCUT2D eigenvalue weighted by atomic mass is 9.80. The third-order valence-corrected chi connectivity index (χ3v) is 8.52. The van der Waals surface area contributed by atoms with Gasteiger partial charge in [0.2, 0.25) is 5.91 Å². The zero-order valence-electron chi connectivity index (χ0n) is 16.5. The predicted molar refractivity (Wildman–Crippen MR) is 113 cm³/mol. The lowest BCUT2D eigenvalue weighted by Crippen LogP contribution is -2.57. The van der Waals surface area contributed by atoms with Gasteiger partial charge in [-0.25, -0.2) is 0 Å². The number of aromatic nitrogens is 1. The number of thioether (sulfide) groups is 1. The van der Waals surface area contributed by atoms with Gasteiger partial charge in [-0.05, 0) is 42.2 Å². The van der Waals surface area contributed by atoms with Crippen molar-refractivity contribution in [2.24, 2.45) is 0 Å². The number of amides is 2. The van der Waals surface area contributed by atoms with Gasteiger partial charge >= 0.3 is 0 Å². The number of benzene rings is 1. The Morgan fingerprint density at radius 3 is 2.53 bits per heavy atom. The molecule has 154 valence electrons. The van der Waals surface area contributed by atoms with Crippen LogP contribution in [0.5, 0.6) is 0 Å². The lowest BCUT2D eigenvalue weighted by Gasteiger charge is -2.45. The number of fused-ring (bicyclic) bond motifs is 5. The summed E-state index contributed by atoms with van der Waals surface area (Å²) >= 11 is 1.68. The number of pyridine rings is 1. The van der Waals surface area contributed by atoms with Crippen LogP contribution in [0.1, 0.15) is 52.5 Å². The number of hydrogen-bond acceptors (Lipinski definition) is 5. The molecule has 5 heterocycles. The number of carbonyl (C=O) groups is 2. The zero-order chi connectivity index (χ0) is 20.5. The molecule has 0 aliphatic carbocycles. The molecule has 4 atom stereocenters. The first kappa shape index (κ1) is 18.4. The number of piperidine rings is 1. The van der Waals surface area contributed by atoms with Crippen LogP contribution in [0.2, 0.25) is 0 Å². The van der Waals surface area contributed by atoms with Crippen molar-refractivity contribution in [2.75, 3.05) is 5.75 Å². The molecule has 1 N–H and O–H groups in total. The van der Waals surface area contributed by atoms with Crippen LogP contribution < -0.4 is 0 Å². The van der Waals surface area contributed by atoms with Gasteiger partial charge in [0.1, 0.15) is 11.4 Å². The number of carbonyl (C=O) groups excluding carboxylic acids is 2. The zero-order valence-corrected chi connectivity index (χ0v) is 17.3. The molecule has 0 radical (unpaired) electrons. The Bertz CT molecular complexity index is 1020. The van der Waals surface area contributed by atoms with E-state index in [1.165, 1.54) is 0 Å². The van der Waals surface area contributed by atoms with Crippen LogP contribution in [0, 0.1) is 0 Å². The van der Waals surface area contributed by atoms with Crippen molar-refractivity contribution in [1.82, 2.24) is 14.8 Å². The molecule has 1 aromatic heterocycles. The second-order valence-corrected chi connectivity index (χ2v) is 9.92. The van der Waals surface area contributed by atoms with Gasteiger partial charge in [0, 0.05) is 48.6 Å². The van der Waals surface area contributed by atoms with Crippen LogP contribution in [0.3, 0.4) is 0 Å². The van der Waals surface area contributed by atoms with E-state index in [1.54, 1.807) is 29.1 Å². The Morgan fingerprint density at radius 2 is 1.80 bits per heavy atom. The van der Waals surface area contributed by atoms with E-state index in [2.05, 4.69) is 4.98 Å². The smallest absolute Gasteiger partial charge is 0.256 e. The second-order valence-electron chi connectivity index (χ2n) is 8.81. The predicted octanol–water partition coefficient (Wildman–Crippen LogP) is 2.69. The summed E-state index contributed by atoms with van der Waals surface area (Å²) in [5.41, 5.74) is 1.71. The summed E-state index contributed by atoms with van der Waals surface area (Å²) in [6.07, 6.45) is 6.30. The summed E-state index contributed by atoms with van der Waals surface area (Å²) < 4.78 is 0. The number of hydrogen-bond donors (Lipinski definition) is 1. The monoisotopic (exact) mass is 421 g/mol. The van der Waals surface area contributed by atoms with E-state index in [1.807, 2.05) is 41.3 Å². The minimum atomic E-state index is -0.918. The standard InChI is InChI=1S/C23H23N3O3S/c27-20-17-3-1-2-4-18(17)22-26(20)19(13-30-22)21(28)25-15-5-6-16(25)12-23(29,11-15)14-7-9-24-10-8-14/h1-4,7-10,15-16,19,22,29H,5-6,11-13H2/t15-,16-,19+,22-/m0/s1. The molecule has 0 saturated carbocycles. The number of rotatable bonds is 2. The van der Waals surface area contributed by atoms with Gasteiger partial charge in [-0.3, -0.25) is 14.6 Å². The molecule has 4 aliphatic rings. The van der Waals surface area contributed by atoms with Gasteiger partial charge in [0.15, 0.2) is 0 Å². The normalized spacial score (nSPS) is 34.2. The first-order chi connectivity index (χ1) is 14.6. The fourth-order valence-electron chi connectivity index (χ4n) is 5.89. The van der Waals surface area contributed by atoms with Gasteiger partial charge < -0.3 is 14.9 Å². The maximum absolute atomic E-state index is 13.7. The summed E-state index contributed by atoms with van der Waals surface area (Å²) in [7, 11) is 0. The Kier molecular flexibility index (Phi) is 4.02. The molecule has 2 aromatic rings. The number of nitrogens with zero attached hydrogens (tertiary/aromatic N) is 3. The van der Waals surface area contributed by atoms with Crippen molar-refractivity contribution in [2.45, 2.75) is 54.8 Å². The average Bonchev–Trinajstić information content (AvgIpc) is 3.41. The summed E-state index contributed by atoms with van der Waals surface area (Å²) in [6.45, 7) is 0. The molecule has 0 unspecified atom stereocenters. The first-order valence-electron chi connectivity index (χ1n) is 10.5. The van der Waals surface area contributed by atoms with Crippen molar-refractivity contribution in [3.05, 3.63) is 65.5 Å². The third-order valence-electron chi connectivity index (χ3n) is 7.22. The van der Waals surface area contributed by atoms with E-state index in [9.17, 15) is 14.7 Å². The van der Waals surface area contributed by atoms with Gasteiger partial charge in [-0.2, -0.15) is 0 Å². The Balaban J connectivity index is 1.26. The Hall–Kier alpha value is -2.38. The van der Waals surface area contributed by atoms with Crippen LogP contribution in [-0.2, 0) is 10.4 Å². The molecule has 6 nitrogen and oxygen atoms in total. The van der Waals surface area contributed by atoms with Crippen molar-refractivity contribution in [3.8, 4) is 0 Å². The molecule has 2 amide bonds. The van der Waals surface area contributed by atoms with Gasteiger partial charge in [0.25, 0.3) is 5.91 Å². The van der Waals surface area contributed by atoms with Crippen molar-refractivity contribution >= 4 is 23.6 Å². The van der Waals surface area contributed by atoms with Gasteiger partial charge in [-0.1, -0.05) is 18.2 Å². The SMILES string of the molecule is O=C([C@H]1CS[C@H]2c3ccccc3C(=O)N12)N1[C@H]2CC[C@H]1CC(O)(c1ccncc1)C2. The minimum absolute atomic E-state index is 0.0125. The Labute approximate surface area is 179 Å². The van der Waals surface area contributed by atoms with E-state index in [-0.39, 0.29) is 29.3 Å². The molecule has 7 heteroatoms. The molecule has 1 aromatic carbocycles. The van der Waals surface area contributed by atoms with Crippen molar-refractivity contribution in [1.29, 1.82) is 0 Å². The minimum Gasteiger partial charge on any atom is -0.385 e. The molecule has 3 saturated heterocycles. The highest BCUT2D eigenvalue weighted by Gasteiger charge is 2.55. The fraction of sp³-hybridized carbons (Fsp3) is 0.435. The highest BCUT2D eigenvalue weighted by atomic mass is 32.2. The van der Waals surface area contributed by atoms with E-state index < -0.39 is 11.6 Å². The highest BCUT2D eigenvalue weighted by Crippen LogP contribution is 2.51. The third kappa shape index (κ3) is 2.51. The van der Waals surface area contributed by atoms with Crippen LogP contribution in [0.25, 0.3) is 0 Å². The van der Waals surface area contributed by atoms with Gasteiger partial charge in [0.05, 0.1) is 5.60 Å². The van der Waals surface area contributed by atoms with E-state index in [0.29, 0.717) is 18.6 Å². The maximum atomic E-state index is 13.7. The van der Waals surface area contributed by atoms with E-state index in [4.69, 9.17) is 0 Å². The lowest BCUT2D eigenvalue weighted by molar-refractivity contribution is -0.146. The van der Waals surface area contributed by atoms with Crippen LogP contribution >= 0.6 is 11.8 Å². The molecule has 2 bridgehead atoms. The molecule has 0 spiro atoms. The fourth-order valence-corrected chi connectivity index (χ4v) is 7.34. The van der Waals surface area contributed by atoms with E-state index >= 15 is 0 Å². The molecule has 30 heavy (non-hydrogen) atoms. The Morgan fingerprint density at radius 1 is 1.10 bits per heavy atom. The summed E-state index contributed by atoms with van der Waals surface area (Å²) in [4.78, 5) is 34.6. The molecule has 4 aliphatic heterocycles. The summed E-state index contributed by atoms with van der Waals surface area (Å²) in [5.74, 6) is 0.653. The molecular weight excluding hydrogens is 398 g/mol. The maximum Gasteiger partial charge on any atom is 0.256 e. The van der Waals surface area contributed by atoms with Crippen LogP contribution in [-0.4, -0.2) is 55.6 Å². The molecular formula is C23H23N3O3S. The topological polar surface area (TPSA) is 73.7 Å². The van der Waals surface area contributed by atoms with Crippen LogP contribution in [0.4, 0.5) is 0 Å². The number of aliphatic hydroxyl groups is 1. The van der Waals surface area contributed by atoms with Crippen molar-refractivity contribution in [3.63, 3.8) is 0 Å². The average molecular weight is 422 g/mol. The van der Waals surface area contributed by atoms with E-state index in [0.717, 1.165) is 29.5 Å². The van der Waals surface area contributed by atoms with Gasteiger partial charge in [-0.15, -0.1) is 11.8 Å². The first-order valence-corrected chi connectivity index (χ1v) is 11.6. The summed E-state index contributed by atoms with van der Waals surface area (Å²) in [5, 5.41) is 11.3. The highest BCUT2D eigenvalue weighted by molar-refractivity contribution is 7.99. The largest absolute Gasteiger partial charge is 0.385 e. The molecule has 3 fully saturated rings. The quantitative estimate of drug-likeness (QED) is 0.807. The van der Waals surface area contributed by atoms with Crippen LogP contribution in [0.15, 0.2) is 48.8 Å².